The lowest BCUT2D eigenvalue weighted by Crippen LogP contribution is -2.42. The van der Waals surface area contributed by atoms with Crippen molar-refractivity contribution in [3.63, 3.8) is 0 Å². The average molecular weight is 290 g/mol. The third-order valence-corrected chi connectivity index (χ3v) is 3.58. The molecule has 1 aliphatic rings. The van der Waals surface area contributed by atoms with Crippen LogP contribution in [-0.2, 0) is 16.0 Å². The molecular weight excluding hydrogens is 268 g/mol. The standard InChI is InChI=1S/C16H22N2O3/c1-10(2)8-14(16(20)21-3)18-15(19)12-5-4-11-6-7-17-13(11)9-12/h4-5,9-10,14,17H,6-8H2,1-3H3,(H,18,19)/t14-/m0/s1. The number of anilines is 1. The smallest absolute Gasteiger partial charge is 0.328 e. The van der Waals surface area contributed by atoms with E-state index in [0.717, 1.165) is 18.7 Å². The summed E-state index contributed by atoms with van der Waals surface area (Å²) < 4.78 is 4.76. The van der Waals surface area contributed by atoms with Crippen molar-refractivity contribution in [2.24, 2.45) is 5.92 Å². The van der Waals surface area contributed by atoms with E-state index in [-0.39, 0.29) is 11.8 Å². The number of methoxy groups -OCH3 is 1. The van der Waals surface area contributed by atoms with Gasteiger partial charge in [0, 0.05) is 17.8 Å². The van der Waals surface area contributed by atoms with Gasteiger partial charge in [0.15, 0.2) is 0 Å². The Balaban J connectivity index is 2.09. The molecule has 5 heteroatoms. The van der Waals surface area contributed by atoms with E-state index in [4.69, 9.17) is 4.74 Å². The second-order valence-corrected chi connectivity index (χ2v) is 5.73. The van der Waals surface area contributed by atoms with E-state index in [9.17, 15) is 9.59 Å². The van der Waals surface area contributed by atoms with Crippen molar-refractivity contribution in [2.45, 2.75) is 32.7 Å². The van der Waals surface area contributed by atoms with Gasteiger partial charge in [-0.2, -0.15) is 0 Å². The normalized spacial score (nSPS) is 14.3. The van der Waals surface area contributed by atoms with Gasteiger partial charge in [-0.05, 0) is 36.5 Å². The summed E-state index contributed by atoms with van der Waals surface area (Å²) in [7, 11) is 1.33. The van der Waals surface area contributed by atoms with Gasteiger partial charge >= 0.3 is 5.97 Å². The zero-order valence-electron chi connectivity index (χ0n) is 12.7. The molecule has 0 bridgehead atoms. The van der Waals surface area contributed by atoms with Gasteiger partial charge < -0.3 is 15.4 Å². The molecule has 0 unspecified atom stereocenters. The summed E-state index contributed by atoms with van der Waals surface area (Å²) in [6, 6.07) is 4.98. The largest absolute Gasteiger partial charge is 0.467 e. The molecule has 1 aliphatic heterocycles. The molecule has 1 aromatic rings. The maximum Gasteiger partial charge on any atom is 0.328 e. The zero-order chi connectivity index (χ0) is 15.4. The van der Waals surface area contributed by atoms with Gasteiger partial charge in [-0.3, -0.25) is 4.79 Å². The molecule has 1 aromatic carbocycles. The van der Waals surface area contributed by atoms with Gasteiger partial charge in [0.25, 0.3) is 5.91 Å². The van der Waals surface area contributed by atoms with Crippen LogP contribution >= 0.6 is 0 Å². The molecule has 1 amide bonds. The number of carbonyl (C=O) groups excluding carboxylic acids is 2. The first-order valence-electron chi connectivity index (χ1n) is 7.26. The highest BCUT2D eigenvalue weighted by molar-refractivity contribution is 5.97. The molecule has 2 rings (SSSR count). The monoisotopic (exact) mass is 290 g/mol. The lowest BCUT2D eigenvalue weighted by Gasteiger charge is -2.18. The van der Waals surface area contributed by atoms with Crippen molar-refractivity contribution in [1.82, 2.24) is 5.32 Å². The Bertz CT molecular complexity index is 540. The molecule has 0 aliphatic carbocycles. The van der Waals surface area contributed by atoms with Crippen LogP contribution in [0.25, 0.3) is 0 Å². The van der Waals surface area contributed by atoms with Crippen LogP contribution in [-0.4, -0.2) is 31.6 Å². The molecular formula is C16H22N2O3. The number of esters is 1. The molecule has 1 heterocycles. The number of nitrogens with one attached hydrogen (secondary N) is 2. The lowest BCUT2D eigenvalue weighted by molar-refractivity contribution is -0.143. The highest BCUT2D eigenvalue weighted by Crippen LogP contribution is 2.23. The van der Waals surface area contributed by atoms with E-state index in [1.165, 1.54) is 12.7 Å². The van der Waals surface area contributed by atoms with Crippen LogP contribution in [0, 0.1) is 5.92 Å². The second-order valence-electron chi connectivity index (χ2n) is 5.73. The van der Waals surface area contributed by atoms with Crippen molar-refractivity contribution in [3.8, 4) is 0 Å². The minimum atomic E-state index is -0.608. The van der Waals surface area contributed by atoms with E-state index >= 15 is 0 Å². The average Bonchev–Trinajstić information content (AvgIpc) is 2.92. The van der Waals surface area contributed by atoms with Crippen LogP contribution < -0.4 is 10.6 Å². The van der Waals surface area contributed by atoms with E-state index < -0.39 is 12.0 Å². The van der Waals surface area contributed by atoms with E-state index in [1.807, 2.05) is 26.0 Å². The Morgan fingerprint density at radius 2 is 2.14 bits per heavy atom. The van der Waals surface area contributed by atoms with Gasteiger partial charge in [0.05, 0.1) is 7.11 Å². The summed E-state index contributed by atoms with van der Waals surface area (Å²) in [5.74, 6) is -0.366. The van der Waals surface area contributed by atoms with Crippen molar-refractivity contribution in [3.05, 3.63) is 29.3 Å². The Morgan fingerprint density at radius 1 is 1.38 bits per heavy atom. The van der Waals surface area contributed by atoms with Crippen LogP contribution in [0.1, 0.15) is 36.2 Å². The van der Waals surface area contributed by atoms with Crippen LogP contribution in [0.3, 0.4) is 0 Å². The SMILES string of the molecule is COC(=O)[C@H](CC(C)C)NC(=O)c1ccc2c(c1)NCC2. The Morgan fingerprint density at radius 3 is 2.81 bits per heavy atom. The third-order valence-electron chi connectivity index (χ3n) is 3.58. The van der Waals surface area contributed by atoms with Crippen molar-refractivity contribution in [2.75, 3.05) is 19.0 Å². The molecule has 0 aromatic heterocycles. The highest BCUT2D eigenvalue weighted by atomic mass is 16.5. The third kappa shape index (κ3) is 3.74. The fourth-order valence-electron chi connectivity index (χ4n) is 2.50. The Hall–Kier alpha value is -2.04. The van der Waals surface area contributed by atoms with Crippen LogP contribution in [0.4, 0.5) is 5.69 Å². The summed E-state index contributed by atoms with van der Waals surface area (Å²) in [6.07, 6.45) is 1.54. The number of amides is 1. The molecule has 5 nitrogen and oxygen atoms in total. The number of rotatable bonds is 5. The highest BCUT2D eigenvalue weighted by Gasteiger charge is 2.23. The quantitative estimate of drug-likeness (QED) is 0.814. The van der Waals surface area contributed by atoms with Gasteiger partial charge in [0.2, 0.25) is 0 Å². The van der Waals surface area contributed by atoms with E-state index in [1.54, 1.807) is 6.07 Å². The first-order valence-corrected chi connectivity index (χ1v) is 7.26. The summed E-state index contributed by atoms with van der Waals surface area (Å²) in [6.45, 7) is 4.90. The first-order chi connectivity index (χ1) is 10.0. The second kappa shape index (κ2) is 6.61. The molecule has 0 spiro atoms. The number of hydrogen-bond acceptors (Lipinski definition) is 4. The van der Waals surface area contributed by atoms with Gasteiger partial charge in [-0.1, -0.05) is 19.9 Å². The number of carbonyl (C=O) groups is 2. The van der Waals surface area contributed by atoms with Crippen molar-refractivity contribution in [1.29, 1.82) is 0 Å². The molecule has 0 fully saturated rings. The zero-order valence-corrected chi connectivity index (χ0v) is 12.7. The van der Waals surface area contributed by atoms with Gasteiger partial charge in [0.1, 0.15) is 6.04 Å². The van der Waals surface area contributed by atoms with Crippen LogP contribution in [0.15, 0.2) is 18.2 Å². The molecule has 2 N–H and O–H groups in total. The topological polar surface area (TPSA) is 67.4 Å². The summed E-state index contributed by atoms with van der Waals surface area (Å²) in [4.78, 5) is 24.1. The summed E-state index contributed by atoms with van der Waals surface area (Å²) in [5, 5.41) is 6.01. The lowest BCUT2D eigenvalue weighted by atomic mass is 10.0. The predicted molar refractivity (Wildman–Crippen MR) is 81.4 cm³/mol. The number of ether oxygens (including phenoxy) is 1. The fourth-order valence-corrected chi connectivity index (χ4v) is 2.50. The Labute approximate surface area is 125 Å². The molecule has 0 saturated heterocycles. The summed E-state index contributed by atoms with van der Waals surface area (Å²) in [5.41, 5.74) is 2.78. The molecule has 21 heavy (non-hydrogen) atoms. The van der Waals surface area contributed by atoms with E-state index in [2.05, 4.69) is 10.6 Å². The van der Waals surface area contributed by atoms with E-state index in [0.29, 0.717) is 12.0 Å². The summed E-state index contributed by atoms with van der Waals surface area (Å²) >= 11 is 0. The maximum atomic E-state index is 12.3. The molecule has 0 saturated carbocycles. The van der Waals surface area contributed by atoms with Crippen molar-refractivity contribution < 1.29 is 14.3 Å². The van der Waals surface area contributed by atoms with Gasteiger partial charge in [-0.25, -0.2) is 4.79 Å². The van der Waals surface area contributed by atoms with Crippen molar-refractivity contribution >= 4 is 17.6 Å². The fraction of sp³-hybridized carbons (Fsp3) is 0.500. The van der Waals surface area contributed by atoms with Gasteiger partial charge in [-0.15, -0.1) is 0 Å². The number of benzene rings is 1. The number of fused-ring (bicyclic) bond motifs is 1. The predicted octanol–water partition coefficient (Wildman–Crippen LogP) is 1.97. The molecule has 0 radical (unpaired) electrons. The first kappa shape index (κ1) is 15.4. The minimum Gasteiger partial charge on any atom is -0.467 e. The van der Waals surface area contributed by atoms with Crippen LogP contribution in [0.2, 0.25) is 0 Å². The van der Waals surface area contributed by atoms with Crippen LogP contribution in [0.5, 0.6) is 0 Å². The minimum absolute atomic E-state index is 0.248. The molecule has 114 valence electrons. The molecule has 1 atom stereocenters. The Kier molecular flexibility index (Phi) is 4.83. The maximum absolute atomic E-state index is 12.3. The number of hydrogen-bond donors (Lipinski definition) is 2.